The quantitative estimate of drug-likeness (QED) is 0.776. The molecule has 3 heterocycles. The highest BCUT2D eigenvalue weighted by Gasteiger charge is 2.26. The predicted molar refractivity (Wildman–Crippen MR) is 86.0 cm³/mol. The Balaban J connectivity index is 2.15. The third-order valence-corrected chi connectivity index (χ3v) is 4.37. The molecule has 1 N–H and O–H groups in total. The fourth-order valence-electron chi connectivity index (χ4n) is 2.67. The van der Waals surface area contributed by atoms with Gasteiger partial charge in [-0.2, -0.15) is 5.26 Å². The summed E-state index contributed by atoms with van der Waals surface area (Å²) in [6.45, 7) is 1.18. The summed E-state index contributed by atoms with van der Waals surface area (Å²) in [7, 11) is 0. The van der Waals surface area contributed by atoms with Gasteiger partial charge in [-0.15, -0.1) is 0 Å². The van der Waals surface area contributed by atoms with Crippen LogP contribution in [-0.2, 0) is 0 Å². The summed E-state index contributed by atoms with van der Waals surface area (Å²) in [4.78, 5) is 21.8. The normalized spacial score (nSPS) is 14.8. The topological polar surface area (TPSA) is 93.4 Å². The molecule has 124 valence electrons. The van der Waals surface area contributed by atoms with Crippen molar-refractivity contribution in [1.82, 2.24) is 14.9 Å². The molecule has 2 aromatic rings. The molecule has 2 aromatic heterocycles. The van der Waals surface area contributed by atoms with Crippen LogP contribution in [0.2, 0.25) is 10.3 Å². The number of hydrogen-bond acceptors (Lipinski definition) is 5. The van der Waals surface area contributed by atoms with E-state index in [-0.39, 0.29) is 34.5 Å². The number of anilines is 1. The van der Waals surface area contributed by atoms with Gasteiger partial charge in [0.2, 0.25) is 0 Å². The first kappa shape index (κ1) is 16.5. The Labute approximate surface area is 145 Å². The van der Waals surface area contributed by atoms with Crippen molar-refractivity contribution in [2.24, 2.45) is 0 Å². The second-order valence-corrected chi connectivity index (χ2v) is 5.84. The summed E-state index contributed by atoms with van der Waals surface area (Å²) in [6.07, 6.45) is 0.330. The molecule has 0 atom stereocenters. The summed E-state index contributed by atoms with van der Waals surface area (Å²) in [5, 5.41) is 18.3. The molecule has 1 fully saturated rings. The van der Waals surface area contributed by atoms with Crippen molar-refractivity contribution in [2.45, 2.75) is 0 Å². The van der Waals surface area contributed by atoms with Crippen LogP contribution in [0.15, 0.2) is 6.20 Å². The van der Waals surface area contributed by atoms with Gasteiger partial charge in [-0.05, 0) is 0 Å². The molecule has 7 nitrogen and oxygen atoms in total. The van der Waals surface area contributed by atoms with Crippen molar-refractivity contribution in [3.05, 3.63) is 27.9 Å². The van der Waals surface area contributed by atoms with Crippen molar-refractivity contribution >= 4 is 45.9 Å². The second-order valence-electron chi connectivity index (χ2n) is 5.12. The Hall–Kier alpha value is -2.37. The zero-order valence-electron chi connectivity index (χ0n) is 12.1. The highest BCUT2D eigenvalue weighted by Crippen LogP contribution is 2.36. The molecule has 0 unspecified atom stereocenters. The Morgan fingerprint density at radius 3 is 2.54 bits per heavy atom. The number of fused-ring (bicyclic) bond motifs is 1. The number of nitrogens with zero attached hydrogens (tertiary/aromatic N) is 5. The number of aromatic nitrogens is 2. The van der Waals surface area contributed by atoms with Crippen LogP contribution in [0.5, 0.6) is 0 Å². The number of carboxylic acid groups (broad SMARTS) is 1. The predicted octanol–water partition coefficient (Wildman–Crippen LogP) is 2.75. The van der Waals surface area contributed by atoms with E-state index < -0.39 is 11.9 Å². The molecular weight excluding hydrogens is 360 g/mol. The van der Waals surface area contributed by atoms with E-state index in [1.165, 1.54) is 11.1 Å². The average molecular weight is 370 g/mol. The van der Waals surface area contributed by atoms with Crippen LogP contribution in [-0.4, -0.2) is 52.2 Å². The zero-order valence-corrected chi connectivity index (χ0v) is 13.6. The maximum Gasteiger partial charge on any atom is 0.407 e. The van der Waals surface area contributed by atoms with Crippen LogP contribution in [0.1, 0.15) is 5.56 Å². The maximum absolute atomic E-state index is 14.2. The van der Waals surface area contributed by atoms with Gasteiger partial charge in [-0.25, -0.2) is 19.2 Å². The summed E-state index contributed by atoms with van der Waals surface area (Å²) in [5.74, 6) is -0.814. The lowest BCUT2D eigenvalue weighted by Gasteiger charge is -2.35. The average Bonchev–Trinajstić information content (AvgIpc) is 2.57. The van der Waals surface area contributed by atoms with E-state index in [0.717, 1.165) is 0 Å². The SMILES string of the molecule is N#Cc1c(Cl)nc2c(F)c(Cl)ncc2c1N1CCN(C(=O)O)CC1. The maximum atomic E-state index is 14.2. The van der Waals surface area contributed by atoms with Crippen LogP contribution in [0.4, 0.5) is 14.9 Å². The van der Waals surface area contributed by atoms with Gasteiger partial charge >= 0.3 is 6.09 Å². The molecule has 0 aliphatic carbocycles. The summed E-state index contributed by atoms with van der Waals surface area (Å²) in [6, 6.07) is 1.97. The van der Waals surface area contributed by atoms with Crippen LogP contribution < -0.4 is 4.90 Å². The number of nitriles is 1. The third kappa shape index (κ3) is 2.66. The highest BCUT2D eigenvalue weighted by molar-refractivity contribution is 6.32. The summed E-state index contributed by atoms with van der Waals surface area (Å²) < 4.78 is 14.2. The minimum Gasteiger partial charge on any atom is -0.465 e. The lowest BCUT2D eigenvalue weighted by Crippen LogP contribution is -2.48. The summed E-state index contributed by atoms with van der Waals surface area (Å²) in [5.41, 5.74) is 0.409. The van der Waals surface area contributed by atoms with Gasteiger partial charge in [0.05, 0.1) is 5.69 Å². The minimum atomic E-state index is -1.01. The Morgan fingerprint density at radius 2 is 1.96 bits per heavy atom. The summed E-state index contributed by atoms with van der Waals surface area (Å²) >= 11 is 11.7. The molecular formula is C14H10Cl2FN5O2. The van der Waals surface area contributed by atoms with E-state index in [4.69, 9.17) is 28.3 Å². The van der Waals surface area contributed by atoms with E-state index in [2.05, 4.69) is 9.97 Å². The number of hydrogen-bond donors (Lipinski definition) is 1. The first-order chi connectivity index (χ1) is 11.4. The molecule has 24 heavy (non-hydrogen) atoms. The Kier molecular flexibility index (Phi) is 4.30. The Morgan fingerprint density at radius 1 is 1.29 bits per heavy atom. The first-order valence-corrected chi connectivity index (χ1v) is 7.65. The fourth-order valence-corrected chi connectivity index (χ4v) is 3.03. The molecule has 1 amide bonds. The van der Waals surface area contributed by atoms with Gasteiger partial charge in [-0.1, -0.05) is 23.2 Å². The van der Waals surface area contributed by atoms with E-state index in [9.17, 15) is 14.4 Å². The van der Waals surface area contributed by atoms with Gasteiger partial charge in [-0.3, -0.25) is 0 Å². The fraction of sp³-hybridized carbons (Fsp3) is 0.286. The van der Waals surface area contributed by atoms with Crippen molar-refractivity contribution in [2.75, 3.05) is 31.1 Å². The number of carbonyl (C=O) groups is 1. The number of piperazine rings is 1. The molecule has 0 saturated carbocycles. The van der Waals surface area contributed by atoms with Gasteiger partial charge in [0.25, 0.3) is 0 Å². The first-order valence-electron chi connectivity index (χ1n) is 6.90. The number of halogens is 3. The van der Waals surface area contributed by atoms with Crippen molar-refractivity contribution in [1.29, 1.82) is 5.26 Å². The molecule has 0 radical (unpaired) electrons. The number of rotatable bonds is 1. The zero-order chi connectivity index (χ0) is 17.4. The van der Waals surface area contributed by atoms with Crippen molar-refractivity contribution < 1.29 is 14.3 Å². The van der Waals surface area contributed by atoms with E-state index in [1.54, 1.807) is 4.90 Å². The molecule has 1 aliphatic heterocycles. The standard InChI is InChI=1S/C14H10Cl2FN5O2/c15-12-7(5-18)11(21-1-3-22(4-2-21)14(23)24)8-6-19-13(16)9(17)10(8)20-12/h6H,1-4H2,(H,23,24). The molecule has 0 aromatic carbocycles. The minimum absolute atomic E-state index is 0.0744. The van der Waals surface area contributed by atoms with Gasteiger partial charge in [0, 0.05) is 37.8 Å². The van der Waals surface area contributed by atoms with E-state index in [0.29, 0.717) is 24.2 Å². The molecule has 10 heteroatoms. The highest BCUT2D eigenvalue weighted by atomic mass is 35.5. The monoisotopic (exact) mass is 369 g/mol. The van der Waals surface area contributed by atoms with Crippen LogP contribution in [0.25, 0.3) is 10.9 Å². The molecule has 0 bridgehead atoms. The molecule has 0 spiro atoms. The molecule has 1 aliphatic rings. The smallest absolute Gasteiger partial charge is 0.407 e. The van der Waals surface area contributed by atoms with Crippen molar-refractivity contribution in [3.8, 4) is 6.07 Å². The van der Waals surface area contributed by atoms with Crippen LogP contribution >= 0.6 is 23.2 Å². The third-order valence-electron chi connectivity index (χ3n) is 3.84. The van der Waals surface area contributed by atoms with E-state index in [1.807, 2.05) is 6.07 Å². The van der Waals surface area contributed by atoms with Gasteiger partial charge < -0.3 is 14.9 Å². The lowest BCUT2D eigenvalue weighted by atomic mass is 10.1. The lowest BCUT2D eigenvalue weighted by molar-refractivity contribution is 0.142. The molecule has 3 rings (SSSR count). The second kappa shape index (κ2) is 6.26. The largest absolute Gasteiger partial charge is 0.465 e. The van der Waals surface area contributed by atoms with Crippen molar-refractivity contribution in [3.63, 3.8) is 0 Å². The van der Waals surface area contributed by atoms with Gasteiger partial charge in [0.15, 0.2) is 11.0 Å². The number of amides is 1. The van der Waals surface area contributed by atoms with Gasteiger partial charge in [0.1, 0.15) is 22.3 Å². The molecule has 1 saturated heterocycles. The Bertz CT molecular complexity index is 878. The number of pyridine rings is 2. The van der Waals surface area contributed by atoms with E-state index >= 15 is 0 Å². The van der Waals surface area contributed by atoms with Crippen LogP contribution in [0.3, 0.4) is 0 Å². The van der Waals surface area contributed by atoms with Crippen LogP contribution in [0, 0.1) is 17.1 Å².